The quantitative estimate of drug-likeness (QED) is 0.524. The average molecular weight is 425 g/mol. The maximum absolute atomic E-state index is 12.3. The first-order valence-electron chi connectivity index (χ1n) is 9.04. The Morgan fingerprint density at radius 3 is 2.44 bits per heavy atom. The van der Waals surface area contributed by atoms with Crippen molar-refractivity contribution in [3.63, 3.8) is 0 Å². The highest BCUT2D eigenvalue weighted by molar-refractivity contribution is 9.10. The summed E-state index contributed by atoms with van der Waals surface area (Å²) in [6.07, 6.45) is 5.88. The van der Waals surface area contributed by atoms with Crippen LogP contribution in [-0.2, 0) is 11.4 Å². The Hall–Kier alpha value is -2.58. The third-order valence-corrected chi connectivity index (χ3v) is 5.09. The van der Waals surface area contributed by atoms with Crippen molar-refractivity contribution in [1.82, 2.24) is 5.32 Å². The maximum atomic E-state index is 12.3. The van der Waals surface area contributed by atoms with E-state index in [1.165, 1.54) is 0 Å². The van der Waals surface area contributed by atoms with Gasteiger partial charge < -0.3 is 10.1 Å². The number of nitrogens with zero attached hydrogens (tertiary/aromatic N) is 1. The third kappa shape index (κ3) is 5.70. The molecule has 2 aromatic carbocycles. The molecular formula is C22H21BrN2O2. The van der Waals surface area contributed by atoms with Crippen LogP contribution in [-0.4, -0.2) is 11.9 Å². The average Bonchev–Trinajstić information content (AvgIpc) is 3.19. The molecule has 0 aliphatic heterocycles. The van der Waals surface area contributed by atoms with Gasteiger partial charge in [0, 0.05) is 10.5 Å². The minimum Gasteiger partial charge on any atom is -0.489 e. The first kappa shape index (κ1) is 19.2. The molecule has 27 heavy (non-hydrogen) atoms. The molecule has 1 saturated carbocycles. The van der Waals surface area contributed by atoms with E-state index in [4.69, 9.17) is 4.74 Å². The van der Waals surface area contributed by atoms with Crippen LogP contribution >= 0.6 is 15.9 Å². The molecule has 0 atom stereocenters. The van der Waals surface area contributed by atoms with Crippen LogP contribution in [0.3, 0.4) is 0 Å². The third-order valence-electron chi connectivity index (χ3n) is 4.57. The number of hydrogen-bond donors (Lipinski definition) is 1. The summed E-state index contributed by atoms with van der Waals surface area (Å²) in [7, 11) is 0. The number of halogens is 1. The van der Waals surface area contributed by atoms with Gasteiger partial charge in [-0.05, 0) is 54.3 Å². The van der Waals surface area contributed by atoms with Gasteiger partial charge in [-0.25, -0.2) is 0 Å². The van der Waals surface area contributed by atoms with Crippen molar-refractivity contribution in [1.29, 1.82) is 5.26 Å². The molecule has 0 radical (unpaired) electrons. The monoisotopic (exact) mass is 424 g/mol. The van der Waals surface area contributed by atoms with Crippen LogP contribution in [0.5, 0.6) is 5.75 Å². The number of rotatable bonds is 6. The van der Waals surface area contributed by atoms with Gasteiger partial charge in [0.05, 0.1) is 0 Å². The predicted molar refractivity (Wildman–Crippen MR) is 109 cm³/mol. The lowest BCUT2D eigenvalue weighted by Gasteiger charge is -2.11. The molecular weight excluding hydrogens is 404 g/mol. The van der Waals surface area contributed by atoms with E-state index in [1.54, 1.807) is 6.08 Å². The van der Waals surface area contributed by atoms with Crippen molar-refractivity contribution >= 4 is 27.9 Å². The molecule has 0 bridgehead atoms. The SMILES string of the molecule is N#C/C(=C/c1ccc(OCc2ccc(Br)cc2)cc1)C(=O)NC1CCCC1. The molecule has 1 fully saturated rings. The highest BCUT2D eigenvalue weighted by Gasteiger charge is 2.19. The standard InChI is InChI=1S/C22H21BrN2O2/c23-19-9-5-17(6-10-19)15-27-21-11-7-16(8-12-21)13-18(14-24)22(26)25-20-3-1-2-4-20/h5-13,20H,1-4,15H2,(H,25,26)/b18-13-. The van der Waals surface area contributed by atoms with Gasteiger partial charge in [-0.3, -0.25) is 4.79 Å². The fourth-order valence-electron chi connectivity index (χ4n) is 3.06. The lowest BCUT2D eigenvalue weighted by atomic mass is 10.1. The molecule has 4 nitrogen and oxygen atoms in total. The molecule has 138 valence electrons. The Balaban J connectivity index is 1.59. The smallest absolute Gasteiger partial charge is 0.262 e. The normalized spacial score (nSPS) is 14.6. The van der Waals surface area contributed by atoms with Crippen molar-refractivity contribution in [3.8, 4) is 11.8 Å². The molecule has 3 rings (SSSR count). The molecule has 0 unspecified atom stereocenters. The number of hydrogen-bond acceptors (Lipinski definition) is 3. The number of amides is 1. The van der Waals surface area contributed by atoms with Gasteiger partial charge >= 0.3 is 0 Å². The molecule has 0 saturated heterocycles. The van der Waals surface area contributed by atoms with Crippen LogP contribution in [0.15, 0.2) is 58.6 Å². The largest absolute Gasteiger partial charge is 0.489 e. The minimum absolute atomic E-state index is 0.130. The molecule has 5 heteroatoms. The van der Waals surface area contributed by atoms with Crippen molar-refractivity contribution in [2.45, 2.75) is 38.3 Å². The Morgan fingerprint density at radius 1 is 1.15 bits per heavy atom. The number of nitrogens with one attached hydrogen (secondary N) is 1. The number of benzene rings is 2. The maximum Gasteiger partial charge on any atom is 0.262 e. The summed E-state index contributed by atoms with van der Waals surface area (Å²) in [5, 5.41) is 12.3. The van der Waals surface area contributed by atoms with Crippen LogP contribution in [0.1, 0.15) is 36.8 Å². The molecule has 1 amide bonds. The van der Waals surface area contributed by atoms with Crippen LogP contribution in [0, 0.1) is 11.3 Å². The summed E-state index contributed by atoms with van der Waals surface area (Å²) in [6.45, 7) is 0.482. The Bertz CT molecular complexity index is 845. The van der Waals surface area contributed by atoms with Crippen molar-refractivity contribution < 1.29 is 9.53 Å². The molecule has 2 aromatic rings. The second-order valence-corrected chi connectivity index (χ2v) is 7.52. The summed E-state index contributed by atoms with van der Waals surface area (Å²) in [5.41, 5.74) is 2.01. The van der Waals surface area contributed by atoms with E-state index in [2.05, 4.69) is 21.2 Å². The summed E-state index contributed by atoms with van der Waals surface area (Å²) >= 11 is 3.41. The van der Waals surface area contributed by atoms with Crippen LogP contribution in [0.2, 0.25) is 0 Å². The number of ether oxygens (including phenoxy) is 1. The first-order valence-corrected chi connectivity index (χ1v) is 9.83. The second kappa shape index (κ2) is 9.38. The lowest BCUT2D eigenvalue weighted by molar-refractivity contribution is -0.117. The Kier molecular flexibility index (Phi) is 6.67. The zero-order chi connectivity index (χ0) is 19.1. The van der Waals surface area contributed by atoms with Crippen molar-refractivity contribution in [2.75, 3.05) is 0 Å². The molecule has 1 aliphatic carbocycles. The van der Waals surface area contributed by atoms with Gasteiger partial charge in [0.1, 0.15) is 24.0 Å². The lowest BCUT2D eigenvalue weighted by Crippen LogP contribution is -2.33. The molecule has 1 aliphatic rings. The van der Waals surface area contributed by atoms with E-state index in [0.29, 0.717) is 6.61 Å². The number of carbonyl (C=O) groups is 1. The molecule has 0 heterocycles. The number of carbonyl (C=O) groups excluding carboxylic acids is 1. The van der Waals surface area contributed by atoms with Gasteiger partial charge in [0.25, 0.3) is 5.91 Å². The molecule has 0 spiro atoms. The Labute approximate surface area is 168 Å². The van der Waals surface area contributed by atoms with Gasteiger partial charge in [-0.1, -0.05) is 53.0 Å². The van der Waals surface area contributed by atoms with Crippen molar-refractivity contribution in [2.24, 2.45) is 0 Å². The van der Waals surface area contributed by atoms with Crippen LogP contribution in [0.25, 0.3) is 6.08 Å². The van der Waals surface area contributed by atoms with E-state index >= 15 is 0 Å². The molecule has 0 aromatic heterocycles. The van der Waals surface area contributed by atoms with Crippen molar-refractivity contribution in [3.05, 3.63) is 69.7 Å². The van der Waals surface area contributed by atoms with E-state index in [1.807, 2.05) is 54.6 Å². The van der Waals surface area contributed by atoms with Gasteiger partial charge in [-0.15, -0.1) is 0 Å². The van der Waals surface area contributed by atoms with Gasteiger partial charge in [0.15, 0.2) is 0 Å². The minimum atomic E-state index is -0.292. The topological polar surface area (TPSA) is 62.1 Å². The first-order chi connectivity index (χ1) is 13.1. The van der Waals surface area contributed by atoms with Crippen LogP contribution in [0.4, 0.5) is 0 Å². The van der Waals surface area contributed by atoms with E-state index in [-0.39, 0.29) is 17.5 Å². The summed E-state index contributed by atoms with van der Waals surface area (Å²) < 4.78 is 6.81. The van der Waals surface area contributed by atoms with Gasteiger partial charge in [0.2, 0.25) is 0 Å². The molecule has 1 N–H and O–H groups in total. The predicted octanol–water partition coefficient (Wildman–Crippen LogP) is 4.99. The van der Waals surface area contributed by atoms with Crippen LogP contribution < -0.4 is 10.1 Å². The highest BCUT2D eigenvalue weighted by atomic mass is 79.9. The zero-order valence-corrected chi connectivity index (χ0v) is 16.5. The summed E-state index contributed by atoms with van der Waals surface area (Å²) in [6, 6.07) is 17.5. The van der Waals surface area contributed by atoms with E-state index < -0.39 is 0 Å². The number of nitriles is 1. The highest BCUT2D eigenvalue weighted by Crippen LogP contribution is 2.19. The fraction of sp³-hybridized carbons (Fsp3) is 0.273. The Morgan fingerprint density at radius 2 is 1.81 bits per heavy atom. The fourth-order valence-corrected chi connectivity index (χ4v) is 3.32. The second-order valence-electron chi connectivity index (χ2n) is 6.61. The zero-order valence-electron chi connectivity index (χ0n) is 15.0. The van der Waals surface area contributed by atoms with E-state index in [9.17, 15) is 10.1 Å². The summed E-state index contributed by atoms with van der Waals surface area (Å²) in [4.78, 5) is 12.3. The summed E-state index contributed by atoms with van der Waals surface area (Å²) in [5.74, 6) is 0.448. The van der Waals surface area contributed by atoms with Gasteiger partial charge in [-0.2, -0.15) is 5.26 Å². The van der Waals surface area contributed by atoms with E-state index in [0.717, 1.165) is 47.0 Å².